The summed E-state index contributed by atoms with van der Waals surface area (Å²) in [5.41, 5.74) is 4.17. The number of fused-ring (bicyclic) bond motifs is 1. The monoisotopic (exact) mass is 559 g/mol. The third kappa shape index (κ3) is 6.56. The maximum absolute atomic E-state index is 13.4. The highest BCUT2D eigenvalue weighted by Gasteiger charge is 2.23. The number of ketones is 2. The van der Waals surface area contributed by atoms with E-state index in [1.165, 1.54) is 24.0 Å². The second-order valence-corrected chi connectivity index (χ2v) is 9.79. The lowest BCUT2D eigenvalue weighted by molar-refractivity contribution is -0.125. The Morgan fingerprint density at radius 3 is 2.70 bits per heavy atom. The number of benzene rings is 2. The van der Waals surface area contributed by atoms with Gasteiger partial charge in [-0.05, 0) is 53.3 Å². The Labute approximate surface area is 234 Å². The van der Waals surface area contributed by atoms with E-state index < -0.39 is 11.9 Å². The van der Waals surface area contributed by atoms with Gasteiger partial charge in [0, 0.05) is 35.1 Å². The highest BCUT2D eigenvalue weighted by atomic mass is 35.5. The van der Waals surface area contributed by atoms with Crippen molar-refractivity contribution in [1.29, 1.82) is 0 Å². The van der Waals surface area contributed by atoms with Gasteiger partial charge in [0.15, 0.2) is 11.6 Å². The minimum absolute atomic E-state index is 0.0505. The Morgan fingerprint density at radius 2 is 1.98 bits per heavy atom. The Kier molecular flexibility index (Phi) is 8.23. The summed E-state index contributed by atoms with van der Waals surface area (Å²) in [4.78, 5) is 38.1. The first-order chi connectivity index (χ1) is 19.4. The fraction of sp³-hybridized carbons (Fsp3) is 0.250. The summed E-state index contributed by atoms with van der Waals surface area (Å²) >= 11 is 6.18. The lowest BCUT2D eigenvalue weighted by atomic mass is 9.98. The van der Waals surface area contributed by atoms with E-state index in [1.54, 1.807) is 48.5 Å². The van der Waals surface area contributed by atoms with Crippen molar-refractivity contribution in [2.75, 3.05) is 6.61 Å². The molecule has 0 aliphatic carbocycles. The number of carbonyl (C=O) groups excluding carboxylic acids is 3. The molecule has 2 aromatic heterocycles. The number of carbonyl (C=O) groups is 3. The topological polar surface area (TPSA) is 134 Å². The van der Waals surface area contributed by atoms with Crippen LogP contribution >= 0.6 is 11.6 Å². The normalized spacial score (nSPS) is 13.7. The van der Waals surface area contributed by atoms with Gasteiger partial charge < -0.3 is 10.1 Å². The average molecular weight is 560 g/mol. The van der Waals surface area contributed by atoms with E-state index >= 15 is 0 Å². The van der Waals surface area contributed by atoms with Gasteiger partial charge in [0.2, 0.25) is 5.91 Å². The van der Waals surface area contributed by atoms with Crippen LogP contribution in [-0.4, -0.2) is 60.1 Å². The standard InChI is InChI=1S/C28H26ClN7O4/c1-18(37)20-4-2-19(3-5-20)12-27(38)25(15-23-14-24-16-40-11-10-35(24)32-23)31-28(39)9-6-21-13-22(29)7-8-26(21)36-17-30-33-34-36/h2-9,13-14,17,25H,10-12,15-16H2,1H3,(H,31,39)/b9-6+/t25-/m0/s1. The van der Waals surface area contributed by atoms with Crippen molar-refractivity contribution in [3.05, 3.63) is 94.0 Å². The van der Waals surface area contributed by atoms with E-state index in [0.29, 0.717) is 47.3 Å². The van der Waals surface area contributed by atoms with E-state index in [1.807, 2.05) is 10.7 Å². The van der Waals surface area contributed by atoms with E-state index in [0.717, 1.165) is 11.3 Å². The Bertz CT molecular complexity index is 1540. The van der Waals surface area contributed by atoms with Gasteiger partial charge in [0.05, 0.1) is 42.9 Å². The molecule has 3 heterocycles. The minimum atomic E-state index is -0.833. The summed E-state index contributed by atoms with van der Waals surface area (Å²) in [7, 11) is 0. The van der Waals surface area contributed by atoms with Crippen LogP contribution in [0.5, 0.6) is 0 Å². The molecule has 40 heavy (non-hydrogen) atoms. The van der Waals surface area contributed by atoms with Gasteiger partial charge in [0.25, 0.3) is 0 Å². The molecule has 1 atom stereocenters. The molecule has 11 nitrogen and oxygen atoms in total. The molecule has 1 N–H and O–H groups in total. The number of nitrogens with one attached hydrogen (secondary N) is 1. The number of amides is 1. The van der Waals surface area contributed by atoms with Gasteiger partial charge >= 0.3 is 0 Å². The summed E-state index contributed by atoms with van der Waals surface area (Å²) in [6.07, 6.45) is 4.67. The molecule has 5 rings (SSSR count). The summed E-state index contributed by atoms with van der Waals surface area (Å²) in [6, 6.07) is 13.1. The fourth-order valence-corrected chi connectivity index (χ4v) is 4.59. The Hall–Kier alpha value is -4.48. The van der Waals surface area contributed by atoms with Crippen LogP contribution in [0.25, 0.3) is 11.8 Å². The SMILES string of the molecule is CC(=O)c1ccc(CC(=O)[C@H](Cc2cc3n(n2)CCOC3)NC(=O)/C=C/c2cc(Cl)ccc2-n2cnnn2)cc1. The van der Waals surface area contributed by atoms with Crippen molar-refractivity contribution in [1.82, 2.24) is 35.3 Å². The minimum Gasteiger partial charge on any atom is -0.373 e. The number of ether oxygens (including phenoxy) is 1. The molecule has 0 saturated heterocycles. The zero-order chi connectivity index (χ0) is 28.1. The van der Waals surface area contributed by atoms with Crippen molar-refractivity contribution in [2.24, 2.45) is 0 Å². The van der Waals surface area contributed by atoms with Crippen molar-refractivity contribution in [3.8, 4) is 5.69 Å². The highest BCUT2D eigenvalue weighted by Crippen LogP contribution is 2.20. The number of halogens is 1. The number of aromatic nitrogens is 6. The molecule has 0 bridgehead atoms. The molecule has 0 fully saturated rings. The quantitative estimate of drug-likeness (QED) is 0.231. The van der Waals surface area contributed by atoms with E-state index in [-0.39, 0.29) is 24.4 Å². The van der Waals surface area contributed by atoms with Gasteiger partial charge in [-0.3, -0.25) is 19.1 Å². The summed E-state index contributed by atoms with van der Waals surface area (Å²) in [5.74, 6) is -0.692. The fourth-order valence-electron chi connectivity index (χ4n) is 4.41. The third-order valence-electron chi connectivity index (χ3n) is 6.47. The van der Waals surface area contributed by atoms with Crippen LogP contribution in [0, 0.1) is 0 Å². The number of nitrogens with zero attached hydrogens (tertiary/aromatic N) is 6. The van der Waals surface area contributed by atoms with Crippen LogP contribution in [0.2, 0.25) is 5.02 Å². The lowest BCUT2D eigenvalue weighted by Crippen LogP contribution is -2.42. The lowest BCUT2D eigenvalue weighted by Gasteiger charge is -2.16. The van der Waals surface area contributed by atoms with Crippen LogP contribution in [0.4, 0.5) is 0 Å². The van der Waals surface area contributed by atoms with Crippen molar-refractivity contribution < 1.29 is 19.1 Å². The number of hydrogen-bond donors (Lipinski definition) is 1. The largest absolute Gasteiger partial charge is 0.373 e. The van der Waals surface area contributed by atoms with E-state index in [9.17, 15) is 14.4 Å². The first-order valence-corrected chi connectivity index (χ1v) is 13.0. The Balaban J connectivity index is 1.35. The van der Waals surface area contributed by atoms with Crippen LogP contribution in [0.3, 0.4) is 0 Å². The van der Waals surface area contributed by atoms with Crippen molar-refractivity contribution >= 4 is 35.2 Å². The van der Waals surface area contributed by atoms with Gasteiger partial charge in [0.1, 0.15) is 6.33 Å². The predicted octanol–water partition coefficient (Wildman–Crippen LogP) is 2.80. The van der Waals surface area contributed by atoms with Crippen LogP contribution in [0.1, 0.15) is 39.8 Å². The zero-order valence-electron chi connectivity index (χ0n) is 21.7. The molecule has 2 aromatic carbocycles. The number of rotatable bonds is 10. The van der Waals surface area contributed by atoms with Crippen LogP contribution in [0.15, 0.2) is 60.9 Å². The molecule has 12 heteroatoms. The number of hydrogen-bond acceptors (Lipinski definition) is 8. The van der Waals surface area contributed by atoms with Crippen LogP contribution < -0.4 is 5.32 Å². The molecular weight excluding hydrogens is 534 g/mol. The maximum atomic E-state index is 13.4. The van der Waals surface area contributed by atoms with Crippen molar-refractivity contribution in [3.63, 3.8) is 0 Å². The molecule has 1 aliphatic heterocycles. The second kappa shape index (κ2) is 12.1. The van der Waals surface area contributed by atoms with E-state index in [4.69, 9.17) is 16.3 Å². The van der Waals surface area contributed by atoms with Gasteiger partial charge in [-0.15, -0.1) is 5.10 Å². The van der Waals surface area contributed by atoms with Gasteiger partial charge in [-0.25, -0.2) is 0 Å². The average Bonchev–Trinajstić information content (AvgIpc) is 3.62. The predicted molar refractivity (Wildman–Crippen MR) is 146 cm³/mol. The van der Waals surface area contributed by atoms with Gasteiger partial charge in [-0.2, -0.15) is 9.78 Å². The van der Waals surface area contributed by atoms with Crippen molar-refractivity contribution in [2.45, 2.75) is 39.0 Å². The molecule has 1 aliphatic rings. The Morgan fingerprint density at radius 1 is 1.15 bits per heavy atom. The smallest absolute Gasteiger partial charge is 0.244 e. The summed E-state index contributed by atoms with van der Waals surface area (Å²) in [6.45, 7) is 3.15. The molecular formula is C28H26ClN7O4. The molecule has 0 unspecified atom stereocenters. The summed E-state index contributed by atoms with van der Waals surface area (Å²) in [5, 5.41) is 19.1. The van der Waals surface area contributed by atoms with Crippen LogP contribution in [-0.2, 0) is 40.3 Å². The first-order valence-electron chi connectivity index (χ1n) is 12.6. The second-order valence-electron chi connectivity index (χ2n) is 9.36. The first kappa shape index (κ1) is 27.1. The zero-order valence-corrected chi connectivity index (χ0v) is 22.4. The molecule has 1 amide bonds. The third-order valence-corrected chi connectivity index (χ3v) is 6.70. The van der Waals surface area contributed by atoms with E-state index in [2.05, 4.69) is 25.9 Å². The molecule has 0 radical (unpaired) electrons. The maximum Gasteiger partial charge on any atom is 0.244 e. The molecule has 4 aromatic rings. The molecule has 204 valence electrons. The van der Waals surface area contributed by atoms with Gasteiger partial charge in [-0.1, -0.05) is 35.9 Å². The summed E-state index contributed by atoms with van der Waals surface area (Å²) < 4.78 is 8.82. The molecule has 0 spiro atoms. The molecule has 0 saturated carbocycles. The number of tetrazole rings is 1. The number of Topliss-reactive ketones (excluding diaryl/α,β-unsaturated/α-hetero) is 2. The highest BCUT2D eigenvalue weighted by molar-refractivity contribution is 6.30.